The lowest BCUT2D eigenvalue weighted by molar-refractivity contribution is 0.104. The number of aryl methyl sites for hydroxylation is 2. The molecule has 3 aromatic carbocycles. The van der Waals surface area contributed by atoms with E-state index in [0.717, 1.165) is 28.2 Å². The number of nitrogens with two attached hydrogens (primary N) is 1. The second kappa shape index (κ2) is 9.02. The highest BCUT2D eigenvalue weighted by Crippen LogP contribution is 2.44. The fourth-order valence-electron chi connectivity index (χ4n) is 3.39. The van der Waals surface area contributed by atoms with Gasteiger partial charge >= 0.3 is 0 Å². The molecule has 0 saturated heterocycles. The molecular formula is C25H21ClN2O3S2. The van der Waals surface area contributed by atoms with Crippen LogP contribution in [0.1, 0.15) is 26.4 Å². The molecule has 0 radical (unpaired) electrons. The Morgan fingerprint density at radius 1 is 0.970 bits per heavy atom. The van der Waals surface area contributed by atoms with Crippen LogP contribution in [0.4, 0.5) is 16.4 Å². The second-order valence-electron chi connectivity index (χ2n) is 7.60. The Labute approximate surface area is 201 Å². The Hall–Kier alpha value is -3.13. The minimum atomic E-state index is -4.04. The van der Waals surface area contributed by atoms with Gasteiger partial charge in [0.1, 0.15) is 14.8 Å². The number of hydrogen-bond donors (Lipinski definition) is 2. The van der Waals surface area contributed by atoms with Gasteiger partial charge in [0.15, 0.2) is 0 Å². The molecule has 0 spiro atoms. The quantitative estimate of drug-likeness (QED) is 0.301. The van der Waals surface area contributed by atoms with Crippen molar-refractivity contribution in [3.63, 3.8) is 0 Å². The topological polar surface area (TPSA) is 89.3 Å². The second-order valence-corrected chi connectivity index (χ2v) is 10.9. The molecule has 0 atom stereocenters. The van der Waals surface area contributed by atoms with E-state index in [9.17, 15) is 13.2 Å². The minimum Gasteiger partial charge on any atom is -0.396 e. The van der Waals surface area contributed by atoms with E-state index < -0.39 is 9.84 Å². The molecule has 33 heavy (non-hydrogen) atoms. The number of ketones is 1. The van der Waals surface area contributed by atoms with E-state index >= 15 is 0 Å². The van der Waals surface area contributed by atoms with Crippen molar-refractivity contribution in [3.05, 3.63) is 99.4 Å². The highest BCUT2D eigenvalue weighted by Gasteiger charge is 2.31. The normalized spacial score (nSPS) is 11.4. The van der Waals surface area contributed by atoms with Gasteiger partial charge in [-0.05, 0) is 55.3 Å². The van der Waals surface area contributed by atoms with Gasteiger partial charge in [-0.25, -0.2) is 8.42 Å². The van der Waals surface area contributed by atoms with E-state index in [1.165, 1.54) is 24.3 Å². The fourth-order valence-corrected chi connectivity index (χ4v) is 6.44. The maximum atomic E-state index is 13.6. The van der Waals surface area contributed by atoms with Crippen LogP contribution >= 0.6 is 22.9 Å². The number of rotatable bonds is 6. The first kappa shape index (κ1) is 23.0. The molecule has 0 amide bonds. The first-order valence-corrected chi connectivity index (χ1v) is 12.7. The lowest BCUT2D eigenvalue weighted by Gasteiger charge is -2.12. The molecule has 8 heteroatoms. The third kappa shape index (κ3) is 4.53. The molecule has 0 aliphatic heterocycles. The third-order valence-electron chi connectivity index (χ3n) is 5.18. The van der Waals surface area contributed by atoms with Crippen molar-refractivity contribution >= 4 is 54.9 Å². The predicted molar refractivity (Wildman–Crippen MR) is 135 cm³/mol. The molecule has 168 valence electrons. The Balaban J connectivity index is 1.91. The molecule has 0 aliphatic carbocycles. The van der Waals surface area contributed by atoms with Gasteiger partial charge in [0.2, 0.25) is 15.6 Å². The lowest BCUT2D eigenvalue weighted by atomic mass is 10.1. The summed E-state index contributed by atoms with van der Waals surface area (Å²) in [7, 11) is -4.04. The molecule has 1 heterocycles. The van der Waals surface area contributed by atoms with Crippen molar-refractivity contribution in [2.75, 3.05) is 11.1 Å². The van der Waals surface area contributed by atoms with Crippen molar-refractivity contribution in [1.29, 1.82) is 0 Å². The fraction of sp³-hybridized carbons (Fsp3) is 0.0800. The van der Waals surface area contributed by atoms with Gasteiger partial charge in [-0.1, -0.05) is 54.1 Å². The van der Waals surface area contributed by atoms with E-state index in [4.69, 9.17) is 17.3 Å². The van der Waals surface area contributed by atoms with Crippen molar-refractivity contribution in [3.8, 4) is 0 Å². The summed E-state index contributed by atoms with van der Waals surface area (Å²) in [5.41, 5.74) is 9.40. The van der Waals surface area contributed by atoms with Crippen LogP contribution in [0.5, 0.6) is 0 Å². The average molecular weight is 497 g/mol. The number of benzene rings is 3. The van der Waals surface area contributed by atoms with Gasteiger partial charge in [-0.3, -0.25) is 4.79 Å². The van der Waals surface area contributed by atoms with Crippen molar-refractivity contribution in [2.45, 2.75) is 23.6 Å². The molecule has 0 unspecified atom stereocenters. The number of nitrogen functional groups attached to an aromatic ring is 1. The number of carbonyl (C=O) groups is 1. The molecule has 1 aromatic heterocycles. The number of halogens is 1. The first-order valence-electron chi connectivity index (χ1n) is 10.1. The maximum Gasteiger partial charge on any atom is 0.211 e. The van der Waals surface area contributed by atoms with Gasteiger partial charge in [0.25, 0.3) is 0 Å². The summed E-state index contributed by atoms with van der Waals surface area (Å²) in [6.45, 7) is 3.87. The van der Waals surface area contributed by atoms with Crippen molar-refractivity contribution in [1.82, 2.24) is 0 Å². The van der Waals surface area contributed by atoms with E-state index in [2.05, 4.69) is 5.32 Å². The van der Waals surface area contributed by atoms with E-state index in [1.807, 2.05) is 32.0 Å². The number of nitrogens with one attached hydrogen (secondary N) is 1. The summed E-state index contributed by atoms with van der Waals surface area (Å²) in [6.07, 6.45) is 0. The Bertz CT molecular complexity index is 1450. The van der Waals surface area contributed by atoms with Crippen LogP contribution in [-0.2, 0) is 9.84 Å². The molecular weight excluding hydrogens is 476 g/mol. The molecule has 0 saturated carbocycles. The van der Waals surface area contributed by atoms with Crippen LogP contribution in [0.15, 0.2) is 82.6 Å². The molecule has 4 rings (SSSR count). The zero-order valence-corrected chi connectivity index (χ0v) is 20.3. The third-order valence-corrected chi connectivity index (χ3v) is 8.53. The number of carbonyl (C=O) groups excluding carboxylic acids is 1. The summed E-state index contributed by atoms with van der Waals surface area (Å²) in [5.74, 6) is -0.334. The van der Waals surface area contributed by atoms with Crippen LogP contribution in [0.25, 0.3) is 0 Å². The van der Waals surface area contributed by atoms with E-state index in [1.54, 1.807) is 30.3 Å². The summed E-state index contributed by atoms with van der Waals surface area (Å²) < 4.78 is 27.3. The van der Waals surface area contributed by atoms with Crippen molar-refractivity contribution in [2.24, 2.45) is 0 Å². The summed E-state index contributed by atoms with van der Waals surface area (Å²) >= 11 is 6.98. The minimum absolute atomic E-state index is 0.0409. The highest BCUT2D eigenvalue weighted by atomic mass is 35.5. The Morgan fingerprint density at radius 3 is 2.30 bits per heavy atom. The maximum absolute atomic E-state index is 13.6. The van der Waals surface area contributed by atoms with Gasteiger partial charge in [0, 0.05) is 16.3 Å². The van der Waals surface area contributed by atoms with Gasteiger partial charge in [-0.2, -0.15) is 0 Å². The number of sulfone groups is 1. The van der Waals surface area contributed by atoms with Crippen LogP contribution in [0.2, 0.25) is 5.02 Å². The largest absolute Gasteiger partial charge is 0.396 e. The molecule has 0 fully saturated rings. The number of hydrogen-bond acceptors (Lipinski definition) is 6. The van der Waals surface area contributed by atoms with Crippen LogP contribution in [0.3, 0.4) is 0 Å². The summed E-state index contributed by atoms with van der Waals surface area (Å²) in [6, 6.07) is 20.3. The first-order chi connectivity index (χ1) is 15.7. The molecule has 4 aromatic rings. The SMILES string of the molecule is Cc1ccc(C)c(Nc2sc(C(=O)c3ccccc3)c(N)c2S(=O)(=O)c2ccc(Cl)cc2)c1. The zero-order chi connectivity index (χ0) is 23.8. The summed E-state index contributed by atoms with van der Waals surface area (Å²) in [4.78, 5) is 13.3. The lowest BCUT2D eigenvalue weighted by Crippen LogP contribution is -2.08. The highest BCUT2D eigenvalue weighted by molar-refractivity contribution is 7.92. The molecule has 0 bridgehead atoms. The zero-order valence-electron chi connectivity index (χ0n) is 17.9. The van der Waals surface area contributed by atoms with Gasteiger partial charge < -0.3 is 11.1 Å². The van der Waals surface area contributed by atoms with Gasteiger partial charge in [-0.15, -0.1) is 11.3 Å². The monoisotopic (exact) mass is 496 g/mol. The van der Waals surface area contributed by atoms with Crippen LogP contribution in [0, 0.1) is 13.8 Å². The van der Waals surface area contributed by atoms with Crippen molar-refractivity contribution < 1.29 is 13.2 Å². The predicted octanol–water partition coefficient (Wildman–Crippen LogP) is 6.41. The molecule has 5 nitrogen and oxygen atoms in total. The Kier molecular flexibility index (Phi) is 6.30. The molecule has 3 N–H and O–H groups in total. The smallest absolute Gasteiger partial charge is 0.211 e. The van der Waals surface area contributed by atoms with E-state index in [-0.39, 0.29) is 31.1 Å². The number of thiophene rings is 1. The average Bonchev–Trinajstić information content (AvgIpc) is 3.13. The standard InChI is InChI=1S/C25H21ClN2O3S2/c1-15-8-9-16(2)20(14-15)28-25-24(33(30,31)19-12-10-18(26)11-13-19)21(27)23(32-25)22(29)17-6-4-3-5-7-17/h3-14,28H,27H2,1-2H3. The summed E-state index contributed by atoms with van der Waals surface area (Å²) in [5, 5.41) is 3.92. The molecule has 0 aliphatic rings. The van der Waals surface area contributed by atoms with E-state index in [0.29, 0.717) is 10.6 Å². The number of anilines is 3. The Morgan fingerprint density at radius 2 is 1.64 bits per heavy atom. The van der Waals surface area contributed by atoms with Crippen LogP contribution < -0.4 is 11.1 Å². The van der Waals surface area contributed by atoms with Crippen LogP contribution in [-0.4, -0.2) is 14.2 Å². The van der Waals surface area contributed by atoms with Gasteiger partial charge in [0.05, 0.1) is 10.6 Å².